The topological polar surface area (TPSA) is 58.0 Å². The van der Waals surface area contributed by atoms with E-state index in [0.717, 1.165) is 62.2 Å². The van der Waals surface area contributed by atoms with Crippen LogP contribution in [0.1, 0.15) is 34.1 Å². The third-order valence-electron chi connectivity index (χ3n) is 6.46. The van der Waals surface area contributed by atoms with Crippen molar-refractivity contribution in [3.8, 4) is 0 Å². The van der Waals surface area contributed by atoms with E-state index in [0.29, 0.717) is 5.56 Å². The second-order valence-corrected chi connectivity index (χ2v) is 8.52. The molecule has 7 nitrogen and oxygen atoms in total. The Labute approximate surface area is 195 Å². The van der Waals surface area contributed by atoms with E-state index in [4.69, 9.17) is 4.84 Å². The van der Waals surface area contributed by atoms with Gasteiger partial charge < -0.3 is 9.47 Å². The van der Waals surface area contributed by atoms with E-state index in [-0.39, 0.29) is 11.7 Å². The van der Waals surface area contributed by atoms with Crippen LogP contribution in [0.25, 0.3) is 10.9 Å². The zero-order valence-electron chi connectivity index (χ0n) is 19.7. The molecule has 174 valence electrons. The number of aryl methyl sites for hydroxylation is 1. The molecular formula is C26H32N4O3. The Morgan fingerprint density at radius 2 is 1.67 bits per heavy atom. The number of fused-ring (bicyclic) bond motifs is 1. The molecule has 7 heteroatoms. The fraction of sp³-hybridized carbons (Fsp3) is 0.385. The van der Waals surface area contributed by atoms with Crippen LogP contribution in [0.5, 0.6) is 0 Å². The number of nitrogens with zero attached hydrogens (tertiary/aromatic N) is 4. The van der Waals surface area contributed by atoms with Crippen molar-refractivity contribution >= 4 is 28.3 Å². The largest absolute Gasteiger partial charge is 0.369 e. The molecule has 4 rings (SSSR count). The number of rotatable bonds is 8. The number of piperazine rings is 1. The van der Waals surface area contributed by atoms with E-state index in [9.17, 15) is 9.59 Å². The molecule has 2 heterocycles. The monoisotopic (exact) mass is 448 g/mol. The molecular weight excluding hydrogens is 416 g/mol. The molecule has 3 aromatic rings. The highest BCUT2D eigenvalue weighted by Crippen LogP contribution is 2.23. The van der Waals surface area contributed by atoms with Gasteiger partial charge in [0.1, 0.15) is 0 Å². The molecule has 1 aliphatic rings. The second kappa shape index (κ2) is 10.2. The lowest BCUT2D eigenvalue weighted by molar-refractivity contribution is -0.0755. The van der Waals surface area contributed by atoms with Crippen molar-refractivity contribution in [1.29, 1.82) is 0 Å². The van der Waals surface area contributed by atoms with Crippen LogP contribution in [0.4, 0.5) is 5.69 Å². The maximum absolute atomic E-state index is 12.7. The van der Waals surface area contributed by atoms with Gasteiger partial charge in [0.05, 0.1) is 12.7 Å². The average molecular weight is 449 g/mol. The first-order chi connectivity index (χ1) is 16.0. The fourth-order valence-corrected chi connectivity index (χ4v) is 4.46. The Hall–Kier alpha value is -3.16. The summed E-state index contributed by atoms with van der Waals surface area (Å²) in [6, 6.07) is 15.9. The van der Waals surface area contributed by atoms with Gasteiger partial charge in [-0.3, -0.25) is 19.3 Å². The summed E-state index contributed by atoms with van der Waals surface area (Å²) < 4.78 is 2.18. The highest BCUT2D eigenvalue weighted by Gasteiger charge is 2.20. The van der Waals surface area contributed by atoms with Gasteiger partial charge in [0, 0.05) is 68.1 Å². The molecule has 2 aromatic carbocycles. The number of anilines is 1. The maximum Gasteiger partial charge on any atom is 0.279 e. The fourth-order valence-electron chi connectivity index (χ4n) is 4.46. The number of aromatic nitrogens is 1. The second-order valence-electron chi connectivity index (χ2n) is 8.52. The van der Waals surface area contributed by atoms with Crippen molar-refractivity contribution in [1.82, 2.24) is 14.5 Å². The Kier molecular flexibility index (Phi) is 7.11. The third kappa shape index (κ3) is 5.10. The number of hydrogen-bond donors (Lipinski definition) is 0. The summed E-state index contributed by atoms with van der Waals surface area (Å²) in [4.78, 5) is 34.1. The van der Waals surface area contributed by atoms with Crippen LogP contribution in [0, 0.1) is 0 Å². The number of amides is 1. The normalized spacial score (nSPS) is 14.6. The van der Waals surface area contributed by atoms with Crippen LogP contribution in [-0.2, 0) is 11.4 Å². The summed E-state index contributed by atoms with van der Waals surface area (Å²) in [5.41, 5.74) is 3.67. The van der Waals surface area contributed by atoms with Crippen molar-refractivity contribution in [2.75, 3.05) is 51.8 Å². The van der Waals surface area contributed by atoms with E-state index >= 15 is 0 Å². The van der Waals surface area contributed by atoms with Crippen molar-refractivity contribution in [3.05, 3.63) is 65.9 Å². The maximum atomic E-state index is 12.7. The van der Waals surface area contributed by atoms with Crippen molar-refractivity contribution < 1.29 is 14.4 Å². The van der Waals surface area contributed by atoms with E-state index in [1.54, 1.807) is 14.0 Å². The molecule has 1 aromatic heterocycles. The Morgan fingerprint density at radius 3 is 2.33 bits per heavy atom. The van der Waals surface area contributed by atoms with Gasteiger partial charge in [-0.2, -0.15) is 0 Å². The molecule has 1 amide bonds. The molecule has 0 aliphatic carbocycles. The smallest absolute Gasteiger partial charge is 0.279 e. The zero-order valence-corrected chi connectivity index (χ0v) is 19.7. The van der Waals surface area contributed by atoms with Crippen LogP contribution in [0.2, 0.25) is 0 Å². The highest BCUT2D eigenvalue weighted by atomic mass is 16.7. The minimum absolute atomic E-state index is 0.101. The van der Waals surface area contributed by atoms with Gasteiger partial charge in [0.15, 0.2) is 5.78 Å². The Morgan fingerprint density at radius 1 is 0.970 bits per heavy atom. The van der Waals surface area contributed by atoms with Gasteiger partial charge in [0.25, 0.3) is 5.91 Å². The minimum Gasteiger partial charge on any atom is -0.369 e. The first-order valence-electron chi connectivity index (χ1n) is 11.5. The summed E-state index contributed by atoms with van der Waals surface area (Å²) in [5.74, 6) is -0.0380. The SMILES string of the molecule is CON(C)C(=O)c1cn(CCCN2CCN(c3ccc(C(C)=O)cc3)CC2)c2ccccc12. The predicted octanol–water partition coefficient (Wildman–Crippen LogP) is 3.69. The zero-order chi connectivity index (χ0) is 23.4. The summed E-state index contributed by atoms with van der Waals surface area (Å²) >= 11 is 0. The number of hydroxylamine groups is 2. The van der Waals surface area contributed by atoms with Gasteiger partial charge in [0.2, 0.25) is 0 Å². The molecule has 0 saturated carbocycles. The highest BCUT2D eigenvalue weighted by molar-refractivity contribution is 6.06. The van der Waals surface area contributed by atoms with E-state index < -0.39 is 0 Å². The summed E-state index contributed by atoms with van der Waals surface area (Å²) in [6.45, 7) is 7.47. The number of Topliss-reactive ketones (excluding diaryl/α,β-unsaturated/α-hetero) is 1. The Balaban J connectivity index is 1.32. The van der Waals surface area contributed by atoms with Crippen LogP contribution in [-0.4, -0.2) is 73.1 Å². The van der Waals surface area contributed by atoms with Gasteiger partial charge >= 0.3 is 0 Å². The molecule has 0 bridgehead atoms. The summed E-state index contributed by atoms with van der Waals surface area (Å²) in [6.07, 6.45) is 2.96. The van der Waals surface area contributed by atoms with E-state index in [1.807, 2.05) is 48.7 Å². The lowest BCUT2D eigenvalue weighted by Crippen LogP contribution is -2.46. The number of benzene rings is 2. The van der Waals surface area contributed by atoms with Gasteiger partial charge in [-0.25, -0.2) is 5.06 Å². The van der Waals surface area contributed by atoms with Crippen LogP contribution >= 0.6 is 0 Å². The first-order valence-corrected chi connectivity index (χ1v) is 11.5. The van der Waals surface area contributed by atoms with Crippen molar-refractivity contribution in [2.45, 2.75) is 19.9 Å². The summed E-state index contributed by atoms with van der Waals surface area (Å²) in [5, 5.41) is 2.22. The Bertz CT molecular complexity index is 1110. The molecule has 1 aliphatic heterocycles. The number of ketones is 1. The van der Waals surface area contributed by atoms with Gasteiger partial charge in [-0.05, 0) is 50.2 Å². The first kappa shape index (κ1) is 23.0. The number of carbonyl (C=O) groups is 2. The van der Waals surface area contributed by atoms with Crippen molar-refractivity contribution in [3.63, 3.8) is 0 Å². The van der Waals surface area contributed by atoms with Gasteiger partial charge in [-0.15, -0.1) is 0 Å². The minimum atomic E-state index is -0.139. The molecule has 0 spiro atoms. The molecule has 1 saturated heterocycles. The molecule has 33 heavy (non-hydrogen) atoms. The standard InChI is InChI=1S/C26H32N4O3/c1-20(31)21-9-11-22(12-10-21)29-17-15-28(16-18-29)13-6-14-30-19-24(26(32)27(2)33-3)23-7-4-5-8-25(23)30/h4-5,7-12,19H,6,13-18H2,1-3H3. The lowest BCUT2D eigenvalue weighted by Gasteiger charge is -2.36. The molecule has 0 unspecified atom stereocenters. The third-order valence-corrected chi connectivity index (χ3v) is 6.46. The molecule has 0 atom stereocenters. The van der Waals surface area contributed by atoms with Crippen LogP contribution in [0.3, 0.4) is 0 Å². The number of hydrogen-bond acceptors (Lipinski definition) is 5. The van der Waals surface area contributed by atoms with Gasteiger partial charge in [-0.1, -0.05) is 18.2 Å². The van der Waals surface area contributed by atoms with Crippen LogP contribution < -0.4 is 4.90 Å². The van der Waals surface area contributed by atoms with Crippen LogP contribution in [0.15, 0.2) is 54.7 Å². The average Bonchev–Trinajstić information content (AvgIpc) is 3.22. The predicted molar refractivity (Wildman–Crippen MR) is 131 cm³/mol. The van der Waals surface area contributed by atoms with E-state index in [1.165, 1.54) is 17.9 Å². The lowest BCUT2D eigenvalue weighted by atomic mass is 10.1. The number of carbonyl (C=O) groups excluding carboxylic acids is 2. The number of para-hydroxylation sites is 1. The van der Waals surface area contributed by atoms with E-state index in [2.05, 4.69) is 20.4 Å². The molecule has 0 radical (unpaired) electrons. The van der Waals surface area contributed by atoms with Crippen molar-refractivity contribution in [2.24, 2.45) is 0 Å². The summed E-state index contributed by atoms with van der Waals surface area (Å²) in [7, 11) is 3.13. The molecule has 1 fully saturated rings. The quantitative estimate of drug-likeness (QED) is 0.389. The molecule has 0 N–H and O–H groups in total.